The highest BCUT2D eigenvalue weighted by molar-refractivity contribution is 14.0. The Hall–Kier alpha value is -1.61. The van der Waals surface area contributed by atoms with Crippen LogP contribution in [0.4, 0.5) is 0 Å². The Kier molecular flexibility index (Phi) is 9.30. The predicted molar refractivity (Wildman–Crippen MR) is 106 cm³/mol. The highest BCUT2D eigenvalue weighted by atomic mass is 127. The van der Waals surface area contributed by atoms with Crippen LogP contribution in [0, 0.1) is 0 Å². The number of thiophene rings is 1. The van der Waals surface area contributed by atoms with Crippen molar-refractivity contribution >= 4 is 47.2 Å². The van der Waals surface area contributed by atoms with Crippen molar-refractivity contribution in [3.63, 3.8) is 0 Å². The zero-order valence-corrected chi connectivity index (χ0v) is 16.1. The maximum Gasteiger partial charge on any atom is 0.239 e. The van der Waals surface area contributed by atoms with Crippen LogP contribution in [0.5, 0.6) is 0 Å². The van der Waals surface area contributed by atoms with Crippen LogP contribution in [0.15, 0.2) is 52.8 Å². The lowest BCUT2D eigenvalue weighted by atomic mass is 10.2. The minimum atomic E-state index is -0.0667. The van der Waals surface area contributed by atoms with Gasteiger partial charge < -0.3 is 16.0 Å². The Morgan fingerprint density at radius 1 is 1.04 bits per heavy atom. The molecule has 0 saturated heterocycles. The molecule has 0 radical (unpaired) electrons. The summed E-state index contributed by atoms with van der Waals surface area (Å²) in [5, 5.41) is 11.1. The molecule has 0 unspecified atom stereocenters. The summed E-state index contributed by atoms with van der Waals surface area (Å²) in [7, 11) is 1.69. The van der Waals surface area contributed by atoms with Crippen molar-refractivity contribution in [3.8, 4) is 0 Å². The molecule has 0 fully saturated rings. The number of hydrogen-bond acceptors (Lipinski definition) is 3. The SMILES string of the molecule is CN=C(NCC(=O)NCc1ccccc1)NCc1cccs1.I. The summed E-state index contributed by atoms with van der Waals surface area (Å²) >= 11 is 1.68. The van der Waals surface area contributed by atoms with Gasteiger partial charge >= 0.3 is 0 Å². The van der Waals surface area contributed by atoms with Crippen LogP contribution in [0.25, 0.3) is 0 Å². The van der Waals surface area contributed by atoms with Gasteiger partial charge in [0.15, 0.2) is 5.96 Å². The Balaban J connectivity index is 0.00000264. The maximum absolute atomic E-state index is 11.8. The zero-order chi connectivity index (χ0) is 15.6. The highest BCUT2D eigenvalue weighted by Crippen LogP contribution is 2.06. The molecule has 1 heterocycles. The molecule has 23 heavy (non-hydrogen) atoms. The lowest BCUT2D eigenvalue weighted by Gasteiger charge is -2.11. The van der Waals surface area contributed by atoms with E-state index in [2.05, 4.69) is 27.0 Å². The second kappa shape index (κ2) is 11.0. The fourth-order valence-electron chi connectivity index (χ4n) is 1.83. The number of carbonyl (C=O) groups excluding carboxylic acids is 1. The Morgan fingerprint density at radius 3 is 2.48 bits per heavy atom. The number of guanidine groups is 1. The third kappa shape index (κ3) is 7.47. The van der Waals surface area contributed by atoms with Crippen molar-refractivity contribution in [3.05, 3.63) is 58.3 Å². The van der Waals surface area contributed by atoms with Crippen molar-refractivity contribution in [2.75, 3.05) is 13.6 Å². The van der Waals surface area contributed by atoms with Crippen molar-refractivity contribution in [2.45, 2.75) is 13.1 Å². The van der Waals surface area contributed by atoms with Gasteiger partial charge in [-0.3, -0.25) is 9.79 Å². The van der Waals surface area contributed by atoms with Crippen molar-refractivity contribution < 1.29 is 4.79 Å². The number of aliphatic imine (C=N–C) groups is 1. The minimum absolute atomic E-state index is 0. The molecule has 5 nitrogen and oxygen atoms in total. The van der Waals surface area contributed by atoms with E-state index in [-0.39, 0.29) is 36.4 Å². The van der Waals surface area contributed by atoms with Gasteiger partial charge in [-0.25, -0.2) is 0 Å². The van der Waals surface area contributed by atoms with Crippen LogP contribution in [0.3, 0.4) is 0 Å². The highest BCUT2D eigenvalue weighted by Gasteiger charge is 2.04. The predicted octanol–water partition coefficient (Wildman–Crippen LogP) is 2.35. The Morgan fingerprint density at radius 2 is 1.83 bits per heavy atom. The van der Waals surface area contributed by atoms with Crippen LogP contribution < -0.4 is 16.0 Å². The van der Waals surface area contributed by atoms with E-state index in [0.717, 1.165) is 5.56 Å². The van der Waals surface area contributed by atoms with Gasteiger partial charge in [0, 0.05) is 18.5 Å². The van der Waals surface area contributed by atoms with E-state index in [1.807, 2.05) is 41.8 Å². The Bertz CT molecular complexity index is 602. The third-order valence-corrected chi connectivity index (χ3v) is 3.86. The summed E-state index contributed by atoms with van der Waals surface area (Å²) in [6.45, 7) is 1.42. The van der Waals surface area contributed by atoms with Crippen molar-refractivity contribution in [2.24, 2.45) is 4.99 Å². The first kappa shape index (κ1) is 19.4. The molecular formula is C16H21IN4OS. The zero-order valence-electron chi connectivity index (χ0n) is 12.9. The normalized spacial score (nSPS) is 10.6. The van der Waals surface area contributed by atoms with Gasteiger partial charge in [-0.15, -0.1) is 35.3 Å². The Labute approximate surface area is 157 Å². The van der Waals surface area contributed by atoms with Crippen LogP contribution in [0.2, 0.25) is 0 Å². The number of rotatable bonds is 6. The van der Waals surface area contributed by atoms with Crippen LogP contribution in [0.1, 0.15) is 10.4 Å². The van der Waals surface area contributed by atoms with Gasteiger partial charge in [0.05, 0.1) is 13.1 Å². The van der Waals surface area contributed by atoms with E-state index in [1.165, 1.54) is 4.88 Å². The summed E-state index contributed by atoms with van der Waals surface area (Å²) in [5.74, 6) is 0.547. The van der Waals surface area contributed by atoms with Gasteiger partial charge in [0.2, 0.25) is 5.91 Å². The number of benzene rings is 1. The molecule has 7 heteroatoms. The maximum atomic E-state index is 11.8. The standard InChI is InChI=1S/C16H20N4OS.HI/c1-17-16(19-11-14-8-5-9-22-14)20-12-15(21)18-10-13-6-3-2-4-7-13;/h2-9H,10-12H2,1H3,(H,18,21)(H2,17,19,20);1H. The molecule has 1 amide bonds. The van der Waals surface area contributed by atoms with Gasteiger partial charge in [-0.1, -0.05) is 36.4 Å². The van der Waals surface area contributed by atoms with E-state index in [9.17, 15) is 4.79 Å². The molecule has 1 aromatic carbocycles. The van der Waals surface area contributed by atoms with Crippen molar-refractivity contribution in [1.82, 2.24) is 16.0 Å². The summed E-state index contributed by atoms with van der Waals surface area (Å²) in [5.41, 5.74) is 1.08. The van der Waals surface area contributed by atoms with E-state index in [1.54, 1.807) is 18.4 Å². The molecule has 3 N–H and O–H groups in total. The second-order valence-electron chi connectivity index (χ2n) is 4.62. The molecule has 0 aliphatic carbocycles. The topological polar surface area (TPSA) is 65.5 Å². The molecule has 0 spiro atoms. The average molecular weight is 444 g/mol. The van der Waals surface area contributed by atoms with Crippen LogP contribution >= 0.6 is 35.3 Å². The summed E-state index contributed by atoms with van der Waals surface area (Å²) in [4.78, 5) is 17.1. The molecular weight excluding hydrogens is 423 g/mol. The molecule has 0 aliphatic rings. The fraction of sp³-hybridized carbons (Fsp3) is 0.250. The largest absolute Gasteiger partial charge is 0.352 e. The first-order chi connectivity index (χ1) is 10.8. The molecule has 1 aromatic heterocycles. The fourth-order valence-corrected chi connectivity index (χ4v) is 2.47. The van der Waals surface area contributed by atoms with Gasteiger partial charge in [-0.05, 0) is 17.0 Å². The lowest BCUT2D eigenvalue weighted by Crippen LogP contribution is -2.42. The van der Waals surface area contributed by atoms with E-state index in [4.69, 9.17) is 0 Å². The number of carbonyl (C=O) groups is 1. The van der Waals surface area contributed by atoms with E-state index < -0.39 is 0 Å². The monoisotopic (exact) mass is 444 g/mol. The molecule has 0 aliphatic heterocycles. The summed E-state index contributed by atoms with van der Waals surface area (Å²) in [6.07, 6.45) is 0. The lowest BCUT2D eigenvalue weighted by molar-refractivity contribution is -0.120. The smallest absolute Gasteiger partial charge is 0.239 e. The summed E-state index contributed by atoms with van der Waals surface area (Å²) < 4.78 is 0. The first-order valence-corrected chi connectivity index (χ1v) is 7.93. The van der Waals surface area contributed by atoms with Gasteiger partial charge in [0.25, 0.3) is 0 Å². The van der Waals surface area contributed by atoms with Gasteiger partial charge in [0.1, 0.15) is 0 Å². The molecule has 0 saturated carbocycles. The molecule has 0 atom stereocenters. The number of hydrogen-bond donors (Lipinski definition) is 3. The number of nitrogens with one attached hydrogen (secondary N) is 3. The number of nitrogens with zero attached hydrogens (tertiary/aromatic N) is 1. The van der Waals surface area contributed by atoms with Crippen LogP contribution in [-0.2, 0) is 17.9 Å². The quantitative estimate of drug-likeness (QED) is 0.364. The first-order valence-electron chi connectivity index (χ1n) is 7.05. The van der Waals surface area contributed by atoms with Crippen molar-refractivity contribution in [1.29, 1.82) is 0 Å². The average Bonchev–Trinajstić information content (AvgIpc) is 3.07. The minimum Gasteiger partial charge on any atom is -0.352 e. The molecule has 124 valence electrons. The third-order valence-electron chi connectivity index (χ3n) is 2.98. The molecule has 0 bridgehead atoms. The second-order valence-corrected chi connectivity index (χ2v) is 5.65. The molecule has 2 rings (SSSR count). The van der Waals surface area contributed by atoms with E-state index in [0.29, 0.717) is 19.0 Å². The van der Waals surface area contributed by atoms with Gasteiger partial charge in [-0.2, -0.15) is 0 Å². The summed E-state index contributed by atoms with van der Waals surface area (Å²) in [6, 6.07) is 13.9. The van der Waals surface area contributed by atoms with E-state index >= 15 is 0 Å². The van der Waals surface area contributed by atoms with Crippen LogP contribution in [-0.4, -0.2) is 25.5 Å². The number of halogens is 1. The number of amides is 1. The molecule has 2 aromatic rings.